The van der Waals surface area contributed by atoms with Gasteiger partial charge in [-0.05, 0) is 49.4 Å². The van der Waals surface area contributed by atoms with Gasteiger partial charge in [0.2, 0.25) is 5.88 Å². The van der Waals surface area contributed by atoms with Crippen LogP contribution in [0.25, 0.3) is 11.1 Å². The Morgan fingerprint density at radius 2 is 1.96 bits per heavy atom. The maximum absolute atomic E-state index is 5.89. The number of hydrogen-bond acceptors (Lipinski definition) is 5. The van der Waals surface area contributed by atoms with Gasteiger partial charge in [0.05, 0.1) is 5.69 Å². The summed E-state index contributed by atoms with van der Waals surface area (Å²) >= 11 is 0. The van der Waals surface area contributed by atoms with Crippen LogP contribution >= 0.6 is 0 Å². The predicted molar refractivity (Wildman–Crippen MR) is 90.6 cm³/mol. The molecule has 5 heteroatoms. The Morgan fingerprint density at radius 3 is 2.75 bits per heavy atom. The number of aryl methyl sites for hydroxylation is 2. The first-order valence-electron chi connectivity index (χ1n) is 8.14. The Hall–Kier alpha value is -2.82. The third-order valence-corrected chi connectivity index (χ3v) is 4.21. The minimum Gasteiger partial charge on any atom is -0.471 e. The Morgan fingerprint density at radius 1 is 1.08 bits per heavy atom. The molecule has 0 atom stereocenters. The number of hydrogen-bond donors (Lipinski definition) is 0. The molecular weight excluding hydrogens is 300 g/mol. The molecule has 0 aliphatic heterocycles. The topological polar surface area (TPSA) is 60.8 Å². The molecule has 0 N–H and O–H groups in total. The zero-order valence-corrected chi connectivity index (χ0v) is 13.6. The highest BCUT2D eigenvalue weighted by molar-refractivity contribution is 5.68. The molecule has 0 aromatic carbocycles. The summed E-state index contributed by atoms with van der Waals surface area (Å²) in [4.78, 5) is 17.6. The second-order valence-electron chi connectivity index (χ2n) is 5.92. The Kier molecular flexibility index (Phi) is 3.91. The fourth-order valence-electron chi connectivity index (χ4n) is 3.01. The van der Waals surface area contributed by atoms with Crippen LogP contribution in [-0.2, 0) is 19.4 Å². The lowest BCUT2D eigenvalue weighted by molar-refractivity contribution is 0.288. The first-order chi connectivity index (χ1) is 11.8. The summed E-state index contributed by atoms with van der Waals surface area (Å²) in [6.07, 6.45) is 8.69. The number of aromatic nitrogens is 4. The predicted octanol–water partition coefficient (Wildman–Crippen LogP) is 3.31. The van der Waals surface area contributed by atoms with Gasteiger partial charge in [-0.1, -0.05) is 6.07 Å². The lowest BCUT2D eigenvalue weighted by atomic mass is 10.0. The third-order valence-electron chi connectivity index (χ3n) is 4.21. The molecule has 1 aliphatic rings. The van der Waals surface area contributed by atoms with E-state index in [1.165, 1.54) is 5.56 Å². The number of fused-ring (bicyclic) bond motifs is 1. The van der Waals surface area contributed by atoms with Gasteiger partial charge in [-0.3, -0.25) is 4.98 Å². The van der Waals surface area contributed by atoms with Crippen molar-refractivity contribution in [1.29, 1.82) is 0 Å². The minimum absolute atomic E-state index is 0.413. The molecule has 1 aliphatic carbocycles. The van der Waals surface area contributed by atoms with Crippen molar-refractivity contribution in [3.8, 4) is 17.0 Å². The summed E-state index contributed by atoms with van der Waals surface area (Å²) in [6, 6.07) is 7.80. The smallest absolute Gasteiger partial charge is 0.214 e. The summed E-state index contributed by atoms with van der Waals surface area (Å²) < 4.78 is 5.89. The maximum atomic E-state index is 5.89. The van der Waals surface area contributed by atoms with Gasteiger partial charge in [-0.2, -0.15) is 0 Å². The molecule has 0 bridgehead atoms. The lowest BCUT2D eigenvalue weighted by Crippen LogP contribution is -2.02. The monoisotopic (exact) mass is 318 g/mol. The standard InChI is InChI=1S/C19H18N4O/c1-13-21-10-14(11-22-13)17-9-19(23-18-7-4-6-16(17)18)24-12-15-5-2-3-8-20-15/h2-3,5,8-11H,4,6-7,12H2,1H3. The largest absolute Gasteiger partial charge is 0.471 e. The van der Waals surface area contributed by atoms with Gasteiger partial charge >= 0.3 is 0 Å². The summed E-state index contributed by atoms with van der Waals surface area (Å²) in [6.45, 7) is 2.30. The van der Waals surface area contributed by atoms with Crippen LogP contribution in [-0.4, -0.2) is 19.9 Å². The van der Waals surface area contributed by atoms with E-state index >= 15 is 0 Å². The van der Waals surface area contributed by atoms with E-state index in [0.717, 1.165) is 47.6 Å². The SMILES string of the molecule is Cc1ncc(-c2cc(OCc3ccccn3)nc3c2CCC3)cn1. The van der Waals surface area contributed by atoms with Gasteiger partial charge < -0.3 is 4.74 Å². The molecule has 0 unspecified atom stereocenters. The van der Waals surface area contributed by atoms with Gasteiger partial charge in [0.15, 0.2) is 0 Å². The van der Waals surface area contributed by atoms with E-state index in [2.05, 4.69) is 19.9 Å². The van der Waals surface area contributed by atoms with E-state index < -0.39 is 0 Å². The van der Waals surface area contributed by atoms with Crippen molar-refractivity contribution >= 4 is 0 Å². The zero-order valence-electron chi connectivity index (χ0n) is 13.6. The number of ether oxygens (including phenoxy) is 1. The van der Waals surface area contributed by atoms with Crippen molar-refractivity contribution in [3.63, 3.8) is 0 Å². The fraction of sp³-hybridized carbons (Fsp3) is 0.263. The van der Waals surface area contributed by atoms with Crippen molar-refractivity contribution in [1.82, 2.24) is 19.9 Å². The highest BCUT2D eigenvalue weighted by Gasteiger charge is 2.20. The van der Waals surface area contributed by atoms with Crippen LogP contribution in [0.15, 0.2) is 42.9 Å². The second-order valence-corrected chi connectivity index (χ2v) is 5.92. The number of rotatable bonds is 4. The molecule has 3 aromatic heterocycles. The van der Waals surface area contributed by atoms with E-state index in [1.54, 1.807) is 6.20 Å². The Balaban J connectivity index is 1.66. The van der Waals surface area contributed by atoms with Gasteiger partial charge in [0.1, 0.15) is 12.4 Å². The molecule has 5 nitrogen and oxygen atoms in total. The highest BCUT2D eigenvalue weighted by atomic mass is 16.5. The zero-order chi connectivity index (χ0) is 16.4. The Bertz CT molecular complexity index is 847. The van der Waals surface area contributed by atoms with Gasteiger partial charge in [-0.15, -0.1) is 0 Å². The molecule has 0 saturated heterocycles. The normalized spacial score (nSPS) is 12.9. The molecular formula is C19H18N4O. The van der Waals surface area contributed by atoms with E-state index in [4.69, 9.17) is 4.74 Å². The molecule has 4 rings (SSSR count). The second kappa shape index (κ2) is 6.35. The molecule has 24 heavy (non-hydrogen) atoms. The fourth-order valence-corrected chi connectivity index (χ4v) is 3.01. The Labute approximate surface area is 140 Å². The lowest BCUT2D eigenvalue weighted by Gasteiger charge is -2.12. The average molecular weight is 318 g/mol. The quantitative estimate of drug-likeness (QED) is 0.738. The maximum Gasteiger partial charge on any atom is 0.214 e. The van der Waals surface area contributed by atoms with E-state index in [9.17, 15) is 0 Å². The van der Waals surface area contributed by atoms with Crippen molar-refractivity contribution in [2.75, 3.05) is 0 Å². The van der Waals surface area contributed by atoms with E-state index in [-0.39, 0.29) is 0 Å². The summed E-state index contributed by atoms with van der Waals surface area (Å²) in [5.74, 6) is 1.41. The van der Waals surface area contributed by atoms with Crippen LogP contribution in [0, 0.1) is 6.92 Å². The molecule has 0 fully saturated rings. The van der Waals surface area contributed by atoms with Crippen LogP contribution in [0.4, 0.5) is 0 Å². The first kappa shape index (κ1) is 14.8. The molecule has 120 valence electrons. The van der Waals surface area contributed by atoms with Crippen molar-refractivity contribution in [3.05, 3.63) is 65.6 Å². The molecule has 3 aromatic rings. The van der Waals surface area contributed by atoms with Crippen molar-refractivity contribution < 1.29 is 4.74 Å². The molecule has 0 spiro atoms. The molecule has 0 amide bonds. The third kappa shape index (κ3) is 2.97. The van der Waals surface area contributed by atoms with E-state index in [1.807, 2.05) is 43.6 Å². The van der Waals surface area contributed by atoms with Crippen LogP contribution in [0.5, 0.6) is 5.88 Å². The van der Waals surface area contributed by atoms with Gasteiger partial charge in [0, 0.05) is 35.9 Å². The summed E-state index contributed by atoms with van der Waals surface area (Å²) in [7, 11) is 0. The summed E-state index contributed by atoms with van der Waals surface area (Å²) in [5.41, 5.74) is 5.47. The summed E-state index contributed by atoms with van der Waals surface area (Å²) in [5, 5.41) is 0. The highest BCUT2D eigenvalue weighted by Crippen LogP contribution is 2.33. The average Bonchev–Trinajstić information content (AvgIpc) is 3.09. The molecule has 0 radical (unpaired) electrons. The minimum atomic E-state index is 0.413. The van der Waals surface area contributed by atoms with Gasteiger partial charge in [0.25, 0.3) is 0 Å². The van der Waals surface area contributed by atoms with E-state index in [0.29, 0.717) is 12.5 Å². The van der Waals surface area contributed by atoms with Crippen LogP contribution in [0.2, 0.25) is 0 Å². The first-order valence-corrected chi connectivity index (χ1v) is 8.14. The van der Waals surface area contributed by atoms with Crippen molar-refractivity contribution in [2.24, 2.45) is 0 Å². The molecule has 3 heterocycles. The van der Waals surface area contributed by atoms with Crippen LogP contribution < -0.4 is 4.74 Å². The van der Waals surface area contributed by atoms with Crippen LogP contribution in [0.1, 0.15) is 29.2 Å². The molecule has 0 saturated carbocycles. The number of pyridine rings is 2. The number of nitrogens with zero attached hydrogens (tertiary/aromatic N) is 4. The van der Waals surface area contributed by atoms with Crippen LogP contribution in [0.3, 0.4) is 0 Å². The van der Waals surface area contributed by atoms with Crippen molar-refractivity contribution in [2.45, 2.75) is 32.8 Å². The van der Waals surface area contributed by atoms with Gasteiger partial charge in [-0.25, -0.2) is 15.0 Å².